The number of hydrogen-bond acceptors (Lipinski definition) is 6. The summed E-state index contributed by atoms with van der Waals surface area (Å²) >= 11 is 12.3. The summed E-state index contributed by atoms with van der Waals surface area (Å²) in [6.07, 6.45) is 0. The third-order valence-corrected chi connectivity index (χ3v) is 8.36. The van der Waals surface area contributed by atoms with Crippen LogP contribution in [-0.4, -0.2) is 28.0 Å². The van der Waals surface area contributed by atoms with Crippen LogP contribution in [-0.2, 0) is 26.6 Å². The highest BCUT2D eigenvalue weighted by Gasteiger charge is 2.21. The predicted molar refractivity (Wildman–Crippen MR) is 97.6 cm³/mol. The standard InChI is InChI=1S/C13H18N3O2PS3/c1-3-17-19(21,18-4-2)22-10-12-14-15-13(20)16(12)11-8-6-5-7-9-11/h5-9H,3-4,10H2,1-2H3,(H,15,20). The lowest BCUT2D eigenvalue weighted by Crippen LogP contribution is -2.01. The molecule has 0 amide bonds. The minimum absolute atomic E-state index is 0.538. The smallest absolute Gasteiger partial charge is 0.247 e. The molecule has 0 aliphatic carbocycles. The Morgan fingerprint density at radius 2 is 1.86 bits per heavy atom. The Balaban J connectivity index is 2.21. The first-order chi connectivity index (χ1) is 10.6. The number of H-pyrrole nitrogens is 1. The van der Waals surface area contributed by atoms with Gasteiger partial charge in [-0.2, -0.15) is 5.10 Å². The van der Waals surface area contributed by atoms with Crippen molar-refractivity contribution in [3.63, 3.8) is 0 Å². The summed E-state index contributed by atoms with van der Waals surface area (Å²) in [6, 6.07) is 9.87. The van der Waals surface area contributed by atoms with Crippen molar-refractivity contribution < 1.29 is 9.05 Å². The van der Waals surface area contributed by atoms with E-state index >= 15 is 0 Å². The van der Waals surface area contributed by atoms with E-state index in [1.807, 2.05) is 48.7 Å². The predicted octanol–water partition coefficient (Wildman–Crippen LogP) is 4.46. The number of nitrogens with one attached hydrogen (secondary N) is 1. The Hall–Kier alpha value is -0.500. The number of benzene rings is 1. The van der Waals surface area contributed by atoms with Crippen LogP contribution in [0.5, 0.6) is 0 Å². The van der Waals surface area contributed by atoms with Crippen LogP contribution in [0.1, 0.15) is 19.7 Å². The Kier molecular flexibility index (Phi) is 6.80. The van der Waals surface area contributed by atoms with E-state index in [9.17, 15) is 0 Å². The molecule has 0 saturated heterocycles. The number of hydrogen-bond donors (Lipinski definition) is 1. The average molecular weight is 375 g/mol. The molecule has 22 heavy (non-hydrogen) atoms. The molecule has 0 radical (unpaired) electrons. The highest BCUT2D eigenvalue weighted by Crippen LogP contribution is 2.61. The molecule has 1 aromatic carbocycles. The molecule has 0 atom stereocenters. The van der Waals surface area contributed by atoms with Crippen molar-refractivity contribution in [1.82, 2.24) is 14.8 Å². The van der Waals surface area contributed by atoms with Crippen LogP contribution >= 0.6 is 29.3 Å². The summed E-state index contributed by atoms with van der Waals surface area (Å²) in [5, 5.41) is 7.14. The molecule has 2 aromatic rings. The first-order valence-electron chi connectivity index (χ1n) is 6.85. The van der Waals surface area contributed by atoms with Gasteiger partial charge in [0.2, 0.25) is 5.69 Å². The molecule has 0 fully saturated rings. The molecule has 120 valence electrons. The number of aromatic amines is 1. The van der Waals surface area contributed by atoms with Crippen LogP contribution in [0.25, 0.3) is 5.69 Å². The minimum Gasteiger partial charge on any atom is -0.322 e. The SMILES string of the molecule is CCOP(=S)(OCC)SCc1n[nH]c(=S)n1-c1ccccc1. The Morgan fingerprint density at radius 1 is 1.23 bits per heavy atom. The van der Waals surface area contributed by atoms with E-state index in [1.165, 1.54) is 11.4 Å². The van der Waals surface area contributed by atoms with E-state index < -0.39 is 5.69 Å². The second kappa shape index (κ2) is 8.38. The van der Waals surface area contributed by atoms with Crippen molar-refractivity contribution in [2.75, 3.05) is 13.2 Å². The van der Waals surface area contributed by atoms with Gasteiger partial charge in [0.1, 0.15) is 5.82 Å². The summed E-state index contributed by atoms with van der Waals surface area (Å²) in [4.78, 5) is 0. The Labute approximate surface area is 144 Å². The second-order valence-electron chi connectivity index (χ2n) is 4.17. The average Bonchev–Trinajstić information content (AvgIpc) is 2.88. The third kappa shape index (κ3) is 4.50. The maximum atomic E-state index is 5.64. The van der Waals surface area contributed by atoms with Crippen LogP contribution in [0.3, 0.4) is 0 Å². The van der Waals surface area contributed by atoms with Crippen molar-refractivity contribution in [1.29, 1.82) is 0 Å². The molecule has 0 aliphatic rings. The molecular formula is C13H18N3O2PS3. The first kappa shape index (κ1) is 17.8. The molecule has 0 unspecified atom stereocenters. The van der Waals surface area contributed by atoms with Crippen molar-refractivity contribution >= 4 is 41.1 Å². The van der Waals surface area contributed by atoms with Crippen molar-refractivity contribution in [2.45, 2.75) is 19.6 Å². The molecule has 0 saturated carbocycles. The van der Waals surface area contributed by atoms with Crippen molar-refractivity contribution in [3.05, 3.63) is 40.9 Å². The zero-order chi connectivity index (χ0) is 16.0. The lowest BCUT2D eigenvalue weighted by Gasteiger charge is -2.19. The molecule has 5 nitrogen and oxygen atoms in total. The third-order valence-electron chi connectivity index (χ3n) is 2.68. The van der Waals surface area contributed by atoms with E-state index in [0.717, 1.165) is 11.5 Å². The lowest BCUT2D eigenvalue weighted by atomic mass is 10.3. The van der Waals surface area contributed by atoms with Gasteiger partial charge < -0.3 is 9.05 Å². The number of aromatic nitrogens is 3. The van der Waals surface area contributed by atoms with Gasteiger partial charge in [0.25, 0.3) is 0 Å². The Bertz CT molecular complexity index is 692. The lowest BCUT2D eigenvalue weighted by molar-refractivity contribution is 0.280. The first-order valence-corrected chi connectivity index (χ1v) is 11.5. The topological polar surface area (TPSA) is 52.1 Å². The molecule has 0 spiro atoms. The van der Waals surface area contributed by atoms with E-state index in [2.05, 4.69) is 10.2 Å². The summed E-state index contributed by atoms with van der Waals surface area (Å²) in [5.41, 5.74) is -1.37. The van der Waals surface area contributed by atoms with Crippen molar-refractivity contribution in [2.24, 2.45) is 0 Å². The molecule has 2 rings (SSSR count). The van der Waals surface area contributed by atoms with Gasteiger partial charge in [-0.1, -0.05) is 29.6 Å². The summed E-state index contributed by atoms with van der Waals surface area (Å²) in [7, 11) is 0. The van der Waals surface area contributed by atoms with E-state index in [0.29, 0.717) is 23.7 Å². The van der Waals surface area contributed by atoms with Crippen LogP contribution in [0.4, 0.5) is 0 Å². The minimum atomic E-state index is -2.34. The van der Waals surface area contributed by atoms with Gasteiger partial charge in [-0.15, -0.1) is 0 Å². The molecule has 0 aliphatic heterocycles. The van der Waals surface area contributed by atoms with Gasteiger partial charge in [0.05, 0.1) is 19.0 Å². The number of nitrogens with zero attached hydrogens (tertiary/aromatic N) is 2. The van der Waals surface area contributed by atoms with Crippen LogP contribution in [0.15, 0.2) is 30.3 Å². The largest absolute Gasteiger partial charge is 0.322 e. The molecule has 9 heteroatoms. The zero-order valence-corrected chi connectivity index (χ0v) is 15.7. The molecule has 1 N–H and O–H groups in total. The van der Waals surface area contributed by atoms with Gasteiger partial charge in [-0.25, -0.2) is 0 Å². The summed E-state index contributed by atoms with van der Waals surface area (Å²) in [6.45, 7) is 4.91. The number of para-hydroxylation sites is 1. The summed E-state index contributed by atoms with van der Waals surface area (Å²) < 4.78 is 13.7. The van der Waals surface area contributed by atoms with Gasteiger partial charge in [-0.3, -0.25) is 9.67 Å². The van der Waals surface area contributed by atoms with Crippen LogP contribution < -0.4 is 0 Å². The van der Waals surface area contributed by atoms with Crippen LogP contribution in [0, 0.1) is 4.77 Å². The van der Waals surface area contributed by atoms with Gasteiger partial charge in [-0.05, 0) is 50.0 Å². The molecule has 1 aromatic heterocycles. The second-order valence-corrected chi connectivity index (χ2v) is 10.9. The number of rotatable bonds is 8. The van der Waals surface area contributed by atoms with Gasteiger partial charge in [0, 0.05) is 5.69 Å². The zero-order valence-electron chi connectivity index (χ0n) is 12.4. The van der Waals surface area contributed by atoms with E-state index in [-0.39, 0.29) is 0 Å². The highest BCUT2D eigenvalue weighted by atomic mass is 32.9. The molecule has 1 heterocycles. The molecular weight excluding hydrogens is 357 g/mol. The quantitative estimate of drug-likeness (QED) is 0.543. The maximum absolute atomic E-state index is 5.64. The normalized spacial score (nSPS) is 11.7. The monoisotopic (exact) mass is 375 g/mol. The summed E-state index contributed by atoms with van der Waals surface area (Å²) in [5.74, 6) is 1.37. The highest BCUT2D eigenvalue weighted by molar-refractivity contribution is 8.67. The van der Waals surface area contributed by atoms with E-state index in [4.69, 9.17) is 33.1 Å². The fourth-order valence-corrected chi connectivity index (χ4v) is 6.42. The molecule has 0 bridgehead atoms. The van der Waals surface area contributed by atoms with Crippen molar-refractivity contribution in [3.8, 4) is 5.69 Å². The van der Waals surface area contributed by atoms with Gasteiger partial charge in [0.15, 0.2) is 4.77 Å². The van der Waals surface area contributed by atoms with E-state index in [1.54, 1.807) is 0 Å². The fourth-order valence-electron chi connectivity index (χ4n) is 1.83. The maximum Gasteiger partial charge on any atom is 0.247 e. The Morgan fingerprint density at radius 3 is 2.45 bits per heavy atom. The van der Waals surface area contributed by atoms with Crippen LogP contribution in [0.2, 0.25) is 0 Å². The fraction of sp³-hybridized carbons (Fsp3) is 0.385. The van der Waals surface area contributed by atoms with Gasteiger partial charge >= 0.3 is 0 Å².